The smallest absolute Gasteiger partial charge is 0.326 e. The van der Waals surface area contributed by atoms with Gasteiger partial charge in [0.25, 0.3) is 0 Å². The maximum Gasteiger partial charge on any atom is 0.326 e. The monoisotopic (exact) mass is 258 g/mol. The third-order valence-electron chi connectivity index (χ3n) is 3.14. The van der Waals surface area contributed by atoms with Crippen molar-refractivity contribution in [1.82, 2.24) is 10.2 Å². The van der Waals surface area contributed by atoms with E-state index in [9.17, 15) is 9.59 Å². The van der Waals surface area contributed by atoms with Crippen molar-refractivity contribution in [3.05, 3.63) is 0 Å². The Hall–Kier alpha value is -1.26. The van der Waals surface area contributed by atoms with Crippen molar-refractivity contribution in [2.75, 3.05) is 6.54 Å². The van der Waals surface area contributed by atoms with E-state index in [0.29, 0.717) is 13.0 Å². The molecule has 0 aromatic heterocycles. The Balaban J connectivity index is 4.58. The van der Waals surface area contributed by atoms with Crippen LogP contribution in [0.3, 0.4) is 0 Å². The summed E-state index contributed by atoms with van der Waals surface area (Å²) in [6.45, 7) is 8.49. The van der Waals surface area contributed by atoms with Gasteiger partial charge in [0, 0.05) is 12.6 Å². The van der Waals surface area contributed by atoms with Crippen LogP contribution in [0.25, 0.3) is 0 Å². The van der Waals surface area contributed by atoms with Crippen molar-refractivity contribution in [1.29, 1.82) is 0 Å². The molecular formula is C13H26N2O3. The number of amides is 2. The van der Waals surface area contributed by atoms with Crippen LogP contribution in [0.15, 0.2) is 0 Å². The molecule has 0 heterocycles. The van der Waals surface area contributed by atoms with Gasteiger partial charge in [-0.2, -0.15) is 0 Å². The fourth-order valence-corrected chi connectivity index (χ4v) is 1.64. The summed E-state index contributed by atoms with van der Waals surface area (Å²) in [5.41, 5.74) is 0. The first-order valence-electron chi connectivity index (χ1n) is 6.77. The molecule has 0 saturated carbocycles. The Morgan fingerprint density at radius 1 is 1.22 bits per heavy atom. The van der Waals surface area contributed by atoms with E-state index in [0.717, 1.165) is 19.3 Å². The summed E-state index contributed by atoms with van der Waals surface area (Å²) in [6.07, 6.45) is 3.20. The lowest BCUT2D eigenvalue weighted by molar-refractivity contribution is -0.139. The van der Waals surface area contributed by atoms with Crippen molar-refractivity contribution >= 4 is 12.0 Å². The van der Waals surface area contributed by atoms with Crippen LogP contribution < -0.4 is 5.32 Å². The van der Waals surface area contributed by atoms with E-state index in [1.165, 1.54) is 0 Å². The number of rotatable bonds is 8. The molecule has 0 radical (unpaired) electrons. The van der Waals surface area contributed by atoms with E-state index < -0.39 is 12.0 Å². The molecule has 0 aliphatic carbocycles. The number of carboxylic acids is 1. The number of nitrogens with one attached hydrogen (secondary N) is 1. The molecule has 0 aliphatic heterocycles. The van der Waals surface area contributed by atoms with Crippen LogP contribution >= 0.6 is 0 Å². The second-order valence-corrected chi connectivity index (χ2v) is 4.55. The summed E-state index contributed by atoms with van der Waals surface area (Å²) in [7, 11) is 0. The molecule has 106 valence electrons. The second-order valence-electron chi connectivity index (χ2n) is 4.55. The average Bonchev–Trinajstić information content (AvgIpc) is 2.35. The Labute approximate surface area is 110 Å². The molecule has 0 aromatic rings. The molecule has 0 saturated heterocycles. The number of aliphatic carboxylic acids is 1. The molecule has 18 heavy (non-hydrogen) atoms. The minimum atomic E-state index is -0.981. The summed E-state index contributed by atoms with van der Waals surface area (Å²) < 4.78 is 0. The molecule has 0 fully saturated rings. The highest BCUT2D eigenvalue weighted by molar-refractivity contribution is 5.82. The fourth-order valence-electron chi connectivity index (χ4n) is 1.64. The lowest BCUT2D eigenvalue weighted by atomic mass is 10.2. The highest BCUT2D eigenvalue weighted by Gasteiger charge is 2.23. The molecule has 2 N–H and O–H groups in total. The van der Waals surface area contributed by atoms with Gasteiger partial charge in [-0.15, -0.1) is 0 Å². The van der Waals surface area contributed by atoms with E-state index in [1.54, 1.807) is 11.8 Å². The van der Waals surface area contributed by atoms with Crippen molar-refractivity contribution in [2.24, 2.45) is 0 Å². The molecule has 5 nitrogen and oxygen atoms in total. The second kappa shape index (κ2) is 8.78. The van der Waals surface area contributed by atoms with Crippen molar-refractivity contribution in [3.8, 4) is 0 Å². The van der Waals surface area contributed by atoms with E-state index in [4.69, 9.17) is 5.11 Å². The third-order valence-corrected chi connectivity index (χ3v) is 3.14. The molecule has 0 spiro atoms. The molecule has 1 unspecified atom stereocenters. The predicted molar refractivity (Wildman–Crippen MR) is 71.6 cm³/mol. The van der Waals surface area contributed by atoms with Crippen LogP contribution in [0.2, 0.25) is 0 Å². The van der Waals surface area contributed by atoms with Gasteiger partial charge < -0.3 is 15.3 Å². The number of carbonyl (C=O) groups is 2. The zero-order valence-corrected chi connectivity index (χ0v) is 11.9. The Morgan fingerprint density at radius 2 is 1.83 bits per heavy atom. The summed E-state index contributed by atoms with van der Waals surface area (Å²) in [5, 5.41) is 11.5. The minimum absolute atomic E-state index is 0.128. The largest absolute Gasteiger partial charge is 0.480 e. The lowest BCUT2D eigenvalue weighted by Gasteiger charge is -2.30. The van der Waals surface area contributed by atoms with Gasteiger partial charge in [-0.3, -0.25) is 0 Å². The van der Waals surface area contributed by atoms with Crippen LogP contribution in [-0.2, 0) is 4.79 Å². The minimum Gasteiger partial charge on any atom is -0.480 e. The number of nitrogens with zero attached hydrogens (tertiary/aromatic N) is 1. The maximum absolute atomic E-state index is 12.1. The predicted octanol–water partition coefficient (Wildman–Crippen LogP) is 2.46. The first kappa shape index (κ1) is 16.7. The van der Waals surface area contributed by atoms with Crippen LogP contribution in [0, 0.1) is 0 Å². The van der Waals surface area contributed by atoms with Gasteiger partial charge in [0.05, 0.1) is 0 Å². The van der Waals surface area contributed by atoms with Gasteiger partial charge in [-0.1, -0.05) is 27.2 Å². The average molecular weight is 258 g/mol. The molecule has 5 heteroatoms. The highest BCUT2D eigenvalue weighted by Crippen LogP contribution is 2.07. The summed E-state index contributed by atoms with van der Waals surface area (Å²) in [6, 6.07) is -0.944. The molecular weight excluding hydrogens is 232 g/mol. The first-order valence-corrected chi connectivity index (χ1v) is 6.77. The molecule has 0 aliphatic rings. The SMILES string of the molecule is CCCCN(C(=O)N[C@@H](CC)C(=O)O)C(C)CC. The maximum atomic E-state index is 12.1. The molecule has 2 amide bonds. The van der Waals surface area contributed by atoms with Crippen LogP contribution in [-0.4, -0.2) is 40.6 Å². The van der Waals surface area contributed by atoms with E-state index in [-0.39, 0.29) is 12.1 Å². The molecule has 0 aromatic carbocycles. The lowest BCUT2D eigenvalue weighted by Crippen LogP contribution is -2.50. The zero-order chi connectivity index (χ0) is 14.1. The summed E-state index contributed by atoms with van der Waals surface area (Å²) in [4.78, 5) is 24.7. The van der Waals surface area contributed by atoms with Crippen LogP contribution in [0.1, 0.15) is 53.4 Å². The highest BCUT2D eigenvalue weighted by atomic mass is 16.4. The number of carboxylic acid groups (broad SMARTS) is 1. The van der Waals surface area contributed by atoms with Gasteiger partial charge in [0.1, 0.15) is 6.04 Å². The van der Waals surface area contributed by atoms with Gasteiger partial charge in [-0.05, 0) is 26.2 Å². The molecule has 0 bridgehead atoms. The summed E-state index contributed by atoms with van der Waals surface area (Å²) >= 11 is 0. The Bertz CT molecular complexity index is 269. The van der Waals surface area contributed by atoms with Gasteiger partial charge >= 0.3 is 12.0 Å². The Kier molecular flexibility index (Phi) is 8.16. The number of unbranched alkanes of at least 4 members (excludes halogenated alkanes) is 1. The van der Waals surface area contributed by atoms with Gasteiger partial charge in [0.2, 0.25) is 0 Å². The molecule has 2 atom stereocenters. The van der Waals surface area contributed by atoms with Gasteiger partial charge in [0.15, 0.2) is 0 Å². The fraction of sp³-hybridized carbons (Fsp3) is 0.846. The number of urea groups is 1. The quantitative estimate of drug-likeness (QED) is 0.702. The van der Waals surface area contributed by atoms with Crippen molar-refractivity contribution < 1.29 is 14.7 Å². The zero-order valence-electron chi connectivity index (χ0n) is 11.9. The van der Waals surface area contributed by atoms with Crippen molar-refractivity contribution in [2.45, 2.75) is 65.5 Å². The number of hydrogen-bond acceptors (Lipinski definition) is 2. The van der Waals surface area contributed by atoms with Gasteiger partial charge in [-0.25, -0.2) is 9.59 Å². The summed E-state index contributed by atoms with van der Waals surface area (Å²) in [5.74, 6) is -0.981. The molecule has 0 rings (SSSR count). The topological polar surface area (TPSA) is 69.6 Å². The number of hydrogen-bond donors (Lipinski definition) is 2. The van der Waals surface area contributed by atoms with E-state index >= 15 is 0 Å². The third kappa shape index (κ3) is 5.38. The first-order chi connectivity index (χ1) is 8.47. The van der Waals surface area contributed by atoms with E-state index in [2.05, 4.69) is 12.2 Å². The van der Waals surface area contributed by atoms with E-state index in [1.807, 2.05) is 13.8 Å². The van der Waals surface area contributed by atoms with Crippen LogP contribution in [0.5, 0.6) is 0 Å². The van der Waals surface area contributed by atoms with Crippen molar-refractivity contribution in [3.63, 3.8) is 0 Å². The number of carbonyl (C=O) groups excluding carboxylic acids is 1. The normalized spacial score (nSPS) is 13.8. The van der Waals surface area contributed by atoms with Crippen LogP contribution in [0.4, 0.5) is 4.79 Å². The standard InChI is InChI=1S/C13H26N2O3/c1-5-8-9-15(10(4)6-2)13(18)14-11(7-3)12(16)17/h10-11H,5-9H2,1-4H3,(H,14,18)(H,16,17)/t10?,11-/m0/s1. The Morgan fingerprint density at radius 3 is 2.22 bits per heavy atom.